The Labute approximate surface area is 206 Å². The van der Waals surface area contributed by atoms with Crippen LogP contribution in [0.2, 0.25) is 0 Å². The van der Waals surface area contributed by atoms with Crippen molar-refractivity contribution in [2.24, 2.45) is 11.5 Å². The molecule has 8 nitrogen and oxygen atoms in total. The van der Waals surface area contributed by atoms with Crippen LogP contribution in [0.15, 0.2) is 48.5 Å². The van der Waals surface area contributed by atoms with Gasteiger partial charge < -0.3 is 27.0 Å². The van der Waals surface area contributed by atoms with Crippen molar-refractivity contribution in [2.75, 3.05) is 11.9 Å². The van der Waals surface area contributed by atoms with E-state index in [1.165, 1.54) is 16.0 Å². The molecule has 4 rings (SSSR count). The number of nitrogens with one attached hydrogen (secondary N) is 2. The number of aryl methyl sites for hydroxylation is 3. The number of rotatable bonds is 8. The first-order valence-electron chi connectivity index (χ1n) is 12.4. The number of nitrogens with zero attached hydrogens (tertiary/aromatic N) is 1. The van der Waals surface area contributed by atoms with Crippen molar-refractivity contribution < 1.29 is 14.4 Å². The first-order valence-corrected chi connectivity index (χ1v) is 12.4. The van der Waals surface area contributed by atoms with E-state index in [1.54, 1.807) is 6.92 Å². The maximum Gasteiger partial charge on any atom is 0.247 e. The molecule has 1 aliphatic carbocycles. The van der Waals surface area contributed by atoms with E-state index in [4.69, 9.17) is 11.5 Å². The number of hydrogen-bond donors (Lipinski definition) is 4. The predicted octanol–water partition coefficient (Wildman–Crippen LogP) is 1.51. The van der Waals surface area contributed by atoms with Crippen molar-refractivity contribution >= 4 is 23.4 Å². The molecule has 1 aliphatic heterocycles. The molecule has 35 heavy (non-hydrogen) atoms. The molecule has 0 radical (unpaired) electrons. The van der Waals surface area contributed by atoms with Gasteiger partial charge in [-0.3, -0.25) is 14.4 Å². The number of amides is 3. The summed E-state index contributed by atoms with van der Waals surface area (Å²) in [4.78, 5) is 40.3. The quantitative estimate of drug-likeness (QED) is 0.458. The monoisotopic (exact) mass is 477 g/mol. The molecule has 0 aromatic heterocycles. The average molecular weight is 478 g/mol. The van der Waals surface area contributed by atoms with Gasteiger partial charge in [0.2, 0.25) is 17.7 Å². The van der Waals surface area contributed by atoms with Gasteiger partial charge in [-0.05, 0) is 74.3 Å². The second-order valence-corrected chi connectivity index (χ2v) is 9.69. The van der Waals surface area contributed by atoms with E-state index >= 15 is 0 Å². The van der Waals surface area contributed by atoms with E-state index < -0.39 is 18.1 Å². The maximum atomic E-state index is 13.3. The zero-order valence-corrected chi connectivity index (χ0v) is 20.2. The highest BCUT2D eigenvalue weighted by atomic mass is 16.2. The summed E-state index contributed by atoms with van der Waals surface area (Å²) < 4.78 is 0. The molecule has 0 saturated carbocycles. The Bertz CT molecular complexity index is 1070. The third-order valence-corrected chi connectivity index (χ3v) is 6.92. The zero-order valence-electron chi connectivity index (χ0n) is 20.2. The standard InChI is InChI=1S/C27H35N5O3/c1-17(28)25(33)31-22-15-24(26(34)30-21-12-11-19-8-5-9-20(19)14-21)32(16-22)27(35)23(29)13-10-18-6-3-2-4-7-18/h2-4,6-7,11-12,14,17,22-24H,5,8-10,13,15-16,28-29H2,1H3,(H,30,34)(H,31,33)/t17-,22-,23+,24+/m1/s1. The zero-order chi connectivity index (χ0) is 24.9. The fourth-order valence-corrected chi connectivity index (χ4v) is 4.94. The number of fused-ring (bicyclic) bond motifs is 1. The van der Waals surface area contributed by atoms with E-state index in [2.05, 4.69) is 16.7 Å². The molecule has 1 heterocycles. The van der Waals surface area contributed by atoms with E-state index in [1.807, 2.05) is 42.5 Å². The third-order valence-electron chi connectivity index (χ3n) is 6.92. The molecule has 8 heteroatoms. The predicted molar refractivity (Wildman–Crippen MR) is 136 cm³/mol. The minimum absolute atomic E-state index is 0.221. The molecule has 1 fully saturated rings. The molecule has 186 valence electrons. The van der Waals surface area contributed by atoms with E-state index in [0.717, 1.165) is 30.5 Å². The van der Waals surface area contributed by atoms with Crippen molar-refractivity contribution in [3.05, 3.63) is 65.2 Å². The molecule has 0 unspecified atom stereocenters. The van der Waals surface area contributed by atoms with Gasteiger partial charge in [-0.2, -0.15) is 0 Å². The number of anilines is 1. The molecule has 2 aromatic rings. The van der Waals surface area contributed by atoms with Crippen LogP contribution in [0.25, 0.3) is 0 Å². The highest BCUT2D eigenvalue weighted by molar-refractivity contribution is 5.98. The first kappa shape index (κ1) is 24.9. The van der Waals surface area contributed by atoms with Crippen molar-refractivity contribution in [1.29, 1.82) is 0 Å². The van der Waals surface area contributed by atoms with Gasteiger partial charge in [-0.1, -0.05) is 36.4 Å². The summed E-state index contributed by atoms with van der Waals surface area (Å²) in [6.45, 7) is 1.82. The molecule has 3 amide bonds. The Morgan fingerprint density at radius 2 is 1.80 bits per heavy atom. The van der Waals surface area contributed by atoms with Crippen LogP contribution >= 0.6 is 0 Å². The lowest BCUT2D eigenvalue weighted by molar-refractivity contribution is -0.137. The Balaban J connectivity index is 1.45. The Hall–Kier alpha value is -3.23. The van der Waals surface area contributed by atoms with Crippen molar-refractivity contribution in [3.63, 3.8) is 0 Å². The van der Waals surface area contributed by atoms with Crippen molar-refractivity contribution in [2.45, 2.75) is 69.6 Å². The highest BCUT2D eigenvalue weighted by Crippen LogP contribution is 2.26. The SMILES string of the molecule is C[C@@H](N)C(=O)N[C@@H]1C[C@@H](C(=O)Nc2ccc3c(c2)CCC3)N(C(=O)[C@@H](N)CCc2ccccc2)C1. The Morgan fingerprint density at radius 3 is 2.54 bits per heavy atom. The largest absolute Gasteiger partial charge is 0.350 e. The van der Waals surface area contributed by atoms with Crippen LogP contribution in [0.1, 0.15) is 42.9 Å². The van der Waals surface area contributed by atoms with E-state index in [9.17, 15) is 14.4 Å². The highest BCUT2D eigenvalue weighted by Gasteiger charge is 2.41. The minimum Gasteiger partial charge on any atom is -0.350 e. The molecule has 0 bridgehead atoms. The summed E-state index contributed by atoms with van der Waals surface area (Å²) in [5, 5.41) is 5.84. The van der Waals surface area contributed by atoms with Crippen LogP contribution in [0.4, 0.5) is 5.69 Å². The summed E-state index contributed by atoms with van der Waals surface area (Å²) in [6.07, 6.45) is 4.64. The fourth-order valence-electron chi connectivity index (χ4n) is 4.94. The second-order valence-electron chi connectivity index (χ2n) is 9.69. The van der Waals surface area contributed by atoms with Gasteiger partial charge in [0.05, 0.1) is 12.1 Å². The van der Waals surface area contributed by atoms with E-state index in [-0.39, 0.29) is 30.3 Å². The van der Waals surface area contributed by atoms with Crippen LogP contribution < -0.4 is 22.1 Å². The van der Waals surface area contributed by atoms with Crippen LogP contribution in [-0.2, 0) is 33.6 Å². The summed E-state index contributed by atoms with van der Waals surface area (Å²) in [5.74, 6) is -0.868. The van der Waals surface area contributed by atoms with Crippen LogP contribution in [0, 0.1) is 0 Å². The number of likely N-dealkylation sites (tertiary alicyclic amines) is 1. The molecule has 2 aromatic carbocycles. The molecular formula is C27H35N5O3. The summed E-state index contributed by atoms with van der Waals surface area (Å²) in [7, 11) is 0. The van der Waals surface area contributed by atoms with Crippen molar-refractivity contribution in [1.82, 2.24) is 10.2 Å². The van der Waals surface area contributed by atoms with Gasteiger partial charge in [0.15, 0.2) is 0 Å². The van der Waals surface area contributed by atoms with Gasteiger partial charge >= 0.3 is 0 Å². The van der Waals surface area contributed by atoms with Crippen molar-refractivity contribution in [3.8, 4) is 0 Å². The normalized spacial score (nSPS) is 20.7. The molecule has 4 atom stereocenters. The molecule has 6 N–H and O–H groups in total. The van der Waals surface area contributed by atoms with Crippen LogP contribution in [0.3, 0.4) is 0 Å². The first-order chi connectivity index (χ1) is 16.8. The van der Waals surface area contributed by atoms with Gasteiger partial charge in [0.1, 0.15) is 6.04 Å². The second kappa shape index (κ2) is 11.0. The lowest BCUT2D eigenvalue weighted by Gasteiger charge is -2.26. The number of carbonyl (C=O) groups is 3. The molecule has 1 saturated heterocycles. The van der Waals surface area contributed by atoms with E-state index in [0.29, 0.717) is 19.3 Å². The third kappa shape index (κ3) is 6.07. The summed E-state index contributed by atoms with van der Waals surface area (Å²) >= 11 is 0. The number of hydrogen-bond acceptors (Lipinski definition) is 5. The average Bonchev–Trinajstić information content (AvgIpc) is 3.49. The Morgan fingerprint density at radius 1 is 1.06 bits per heavy atom. The maximum absolute atomic E-state index is 13.3. The number of benzene rings is 2. The van der Waals surface area contributed by atoms with Crippen LogP contribution in [-0.4, -0.2) is 53.3 Å². The van der Waals surface area contributed by atoms with Crippen LogP contribution in [0.5, 0.6) is 0 Å². The molecule has 2 aliphatic rings. The molecule has 0 spiro atoms. The van der Waals surface area contributed by atoms with Gasteiger partial charge in [-0.15, -0.1) is 0 Å². The fraction of sp³-hybridized carbons (Fsp3) is 0.444. The Kier molecular flexibility index (Phi) is 7.83. The lowest BCUT2D eigenvalue weighted by atomic mass is 10.0. The molecular weight excluding hydrogens is 442 g/mol. The van der Waals surface area contributed by atoms with Gasteiger partial charge in [0.25, 0.3) is 0 Å². The lowest BCUT2D eigenvalue weighted by Crippen LogP contribution is -2.50. The number of carbonyl (C=O) groups excluding carboxylic acids is 3. The number of nitrogens with two attached hydrogens (primary N) is 2. The minimum atomic E-state index is -0.742. The van der Waals surface area contributed by atoms with Gasteiger partial charge in [0, 0.05) is 18.3 Å². The summed E-state index contributed by atoms with van der Waals surface area (Å²) in [6, 6.07) is 13.3. The smallest absolute Gasteiger partial charge is 0.247 e. The van der Waals surface area contributed by atoms with Gasteiger partial charge in [-0.25, -0.2) is 0 Å². The topological polar surface area (TPSA) is 131 Å². The summed E-state index contributed by atoms with van der Waals surface area (Å²) in [5.41, 5.74) is 16.4.